The van der Waals surface area contributed by atoms with E-state index in [1.807, 2.05) is 36.9 Å². The molecule has 2 amide bonds. The Morgan fingerprint density at radius 3 is 2.82 bits per heavy atom. The molecule has 1 aromatic rings. The van der Waals surface area contributed by atoms with Crippen LogP contribution in [0.5, 0.6) is 0 Å². The number of carbonyl (C=O) groups is 1. The molecule has 2 aliphatic rings. The van der Waals surface area contributed by atoms with Gasteiger partial charge in [-0.05, 0) is 57.2 Å². The van der Waals surface area contributed by atoms with E-state index in [1.165, 1.54) is 0 Å². The van der Waals surface area contributed by atoms with Crippen molar-refractivity contribution in [2.45, 2.75) is 38.6 Å². The predicted molar refractivity (Wildman–Crippen MR) is 88.4 cm³/mol. The standard InChI is InChI=1S/C17H23ClN2O2/c1-3-20-16(21)19-15-8-7-13(18)11-14(15)17(20,12-5-6-12)9-10-22-4-2/h7-8,11-12H,3-6,9-10H2,1-2H3,(H,19,21). The normalized spacial score (nSPS) is 24.1. The Kier molecular flexibility index (Phi) is 4.33. The first-order valence-corrected chi connectivity index (χ1v) is 8.47. The molecule has 1 unspecified atom stereocenters. The number of rotatable bonds is 6. The third kappa shape index (κ3) is 2.48. The number of ether oxygens (including phenoxy) is 1. The summed E-state index contributed by atoms with van der Waals surface area (Å²) in [6.45, 7) is 6.07. The van der Waals surface area contributed by atoms with E-state index in [0.717, 1.165) is 30.5 Å². The average Bonchev–Trinajstić information content (AvgIpc) is 3.33. The minimum absolute atomic E-state index is 0.0132. The Bertz CT molecular complexity index is 574. The highest BCUT2D eigenvalue weighted by molar-refractivity contribution is 6.30. The van der Waals surface area contributed by atoms with E-state index in [0.29, 0.717) is 30.7 Å². The minimum atomic E-state index is -0.285. The molecular formula is C17H23ClN2O2. The van der Waals surface area contributed by atoms with Gasteiger partial charge in [-0.15, -0.1) is 0 Å². The number of amides is 2. The molecule has 1 aromatic carbocycles. The maximum absolute atomic E-state index is 12.6. The largest absolute Gasteiger partial charge is 0.382 e. The van der Waals surface area contributed by atoms with Crippen LogP contribution in [0, 0.1) is 5.92 Å². The van der Waals surface area contributed by atoms with Gasteiger partial charge in [-0.2, -0.15) is 0 Å². The summed E-state index contributed by atoms with van der Waals surface area (Å²) in [5.41, 5.74) is 1.75. The SMILES string of the molecule is CCOCCC1(C2CC2)c2cc(Cl)ccc2NC(=O)N1CC. The van der Waals surface area contributed by atoms with Crippen LogP contribution >= 0.6 is 11.6 Å². The van der Waals surface area contributed by atoms with Gasteiger partial charge in [-0.1, -0.05) is 11.6 Å². The molecule has 1 aliphatic carbocycles. The minimum Gasteiger partial charge on any atom is -0.382 e. The van der Waals surface area contributed by atoms with Gasteiger partial charge in [0.25, 0.3) is 0 Å². The Labute approximate surface area is 136 Å². The van der Waals surface area contributed by atoms with E-state index < -0.39 is 0 Å². The van der Waals surface area contributed by atoms with Gasteiger partial charge in [0.2, 0.25) is 0 Å². The highest BCUT2D eigenvalue weighted by Gasteiger charge is 2.54. The number of urea groups is 1. The second kappa shape index (κ2) is 6.09. The molecule has 0 radical (unpaired) electrons. The number of benzene rings is 1. The highest BCUT2D eigenvalue weighted by Crippen LogP contribution is 2.55. The van der Waals surface area contributed by atoms with Crippen LogP contribution in [0.2, 0.25) is 5.02 Å². The van der Waals surface area contributed by atoms with Crippen LogP contribution in [0.15, 0.2) is 18.2 Å². The molecule has 1 atom stereocenters. The summed E-state index contributed by atoms with van der Waals surface area (Å²) in [5, 5.41) is 3.72. The average molecular weight is 323 g/mol. The lowest BCUT2D eigenvalue weighted by atomic mass is 9.78. The Morgan fingerprint density at radius 1 is 1.41 bits per heavy atom. The maximum atomic E-state index is 12.6. The molecule has 0 aromatic heterocycles. The van der Waals surface area contributed by atoms with Gasteiger partial charge in [0, 0.05) is 36.0 Å². The summed E-state index contributed by atoms with van der Waals surface area (Å²) in [6.07, 6.45) is 3.13. The van der Waals surface area contributed by atoms with Gasteiger partial charge in [-0.25, -0.2) is 4.79 Å². The van der Waals surface area contributed by atoms with Crippen molar-refractivity contribution in [3.63, 3.8) is 0 Å². The van der Waals surface area contributed by atoms with E-state index in [-0.39, 0.29) is 11.6 Å². The van der Waals surface area contributed by atoms with Crippen molar-refractivity contribution >= 4 is 23.3 Å². The monoisotopic (exact) mass is 322 g/mol. The van der Waals surface area contributed by atoms with Gasteiger partial charge < -0.3 is 15.0 Å². The van der Waals surface area contributed by atoms with Crippen molar-refractivity contribution in [2.24, 2.45) is 5.92 Å². The lowest BCUT2D eigenvalue weighted by molar-refractivity contribution is 0.0486. The molecule has 1 N–H and O–H groups in total. The zero-order valence-corrected chi connectivity index (χ0v) is 13.9. The van der Waals surface area contributed by atoms with Crippen LogP contribution in [0.3, 0.4) is 0 Å². The van der Waals surface area contributed by atoms with Gasteiger partial charge in [0.05, 0.1) is 5.54 Å². The second-order valence-electron chi connectivity index (χ2n) is 6.01. The van der Waals surface area contributed by atoms with Crippen molar-refractivity contribution in [3.8, 4) is 0 Å². The van der Waals surface area contributed by atoms with E-state index in [9.17, 15) is 4.79 Å². The van der Waals surface area contributed by atoms with Crippen molar-refractivity contribution in [3.05, 3.63) is 28.8 Å². The van der Waals surface area contributed by atoms with Crippen LogP contribution in [0.4, 0.5) is 10.5 Å². The topological polar surface area (TPSA) is 41.6 Å². The number of nitrogens with zero attached hydrogens (tertiary/aromatic N) is 1. The predicted octanol–water partition coefficient (Wildman–Crippen LogP) is 4.24. The third-order valence-corrected chi connectivity index (χ3v) is 5.05. The van der Waals surface area contributed by atoms with Gasteiger partial charge in [0.1, 0.15) is 0 Å². The van der Waals surface area contributed by atoms with Crippen LogP contribution < -0.4 is 5.32 Å². The summed E-state index contributed by atoms with van der Waals surface area (Å²) in [6, 6.07) is 5.76. The van der Waals surface area contributed by atoms with Crippen LogP contribution in [-0.4, -0.2) is 30.7 Å². The third-order valence-electron chi connectivity index (χ3n) is 4.82. The van der Waals surface area contributed by atoms with E-state index >= 15 is 0 Å². The first kappa shape index (κ1) is 15.6. The molecule has 4 nitrogen and oxygen atoms in total. The smallest absolute Gasteiger partial charge is 0.322 e. The summed E-state index contributed by atoms with van der Waals surface area (Å²) in [4.78, 5) is 14.6. The van der Waals surface area contributed by atoms with Crippen LogP contribution in [-0.2, 0) is 10.3 Å². The molecule has 1 heterocycles. The van der Waals surface area contributed by atoms with E-state index in [1.54, 1.807) is 0 Å². The maximum Gasteiger partial charge on any atom is 0.322 e. The number of carbonyl (C=O) groups excluding carboxylic acids is 1. The summed E-state index contributed by atoms with van der Waals surface area (Å²) in [5.74, 6) is 0.496. The van der Waals surface area contributed by atoms with Crippen LogP contribution in [0.1, 0.15) is 38.7 Å². The zero-order chi connectivity index (χ0) is 15.7. The number of nitrogens with one attached hydrogen (secondary N) is 1. The fourth-order valence-electron chi connectivity index (χ4n) is 3.77. The zero-order valence-electron chi connectivity index (χ0n) is 13.2. The van der Waals surface area contributed by atoms with Gasteiger partial charge in [0.15, 0.2) is 0 Å². The number of hydrogen-bond acceptors (Lipinski definition) is 2. The molecule has 0 saturated heterocycles. The molecule has 1 fully saturated rings. The lowest BCUT2D eigenvalue weighted by Crippen LogP contribution is -2.56. The lowest BCUT2D eigenvalue weighted by Gasteiger charge is -2.48. The molecule has 5 heteroatoms. The Hall–Kier alpha value is -1.26. The van der Waals surface area contributed by atoms with Crippen LogP contribution in [0.25, 0.3) is 0 Å². The molecule has 0 bridgehead atoms. The number of hydrogen-bond donors (Lipinski definition) is 1. The highest BCUT2D eigenvalue weighted by atomic mass is 35.5. The van der Waals surface area contributed by atoms with Gasteiger partial charge >= 0.3 is 6.03 Å². The number of anilines is 1. The van der Waals surface area contributed by atoms with Crippen molar-refractivity contribution < 1.29 is 9.53 Å². The summed E-state index contributed by atoms with van der Waals surface area (Å²) >= 11 is 6.26. The molecule has 22 heavy (non-hydrogen) atoms. The first-order chi connectivity index (χ1) is 10.6. The van der Waals surface area contributed by atoms with Crippen molar-refractivity contribution in [1.82, 2.24) is 4.90 Å². The Morgan fingerprint density at radius 2 is 2.18 bits per heavy atom. The molecule has 1 aliphatic heterocycles. The second-order valence-corrected chi connectivity index (χ2v) is 6.45. The van der Waals surface area contributed by atoms with Gasteiger partial charge in [-0.3, -0.25) is 0 Å². The molecule has 120 valence electrons. The van der Waals surface area contributed by atoms with Crippen molar-refractivity contribution in [2.75, 3.05) is 25.1 Å². The number of fused-ring (bicyclic) bond motifs is 1. The van der Waals surface area contributed by atoms with E-state index in [4.69, 9.17) is 16.3 Å². The fourth-order valence-corrected chi connectivity index (χ4v) is 3.94. The van der Waals surface area contributed by atoms with Crippen molar-refractivity contribution in [1.29, 1.82) is 0 Å². The molecular weight excluding hydrogens is 300 g/mol. The molecule has 0 spiro atoms. The summed E-state index contributed by atoms with van der Waals surface area (Å²) < 4.78 is 5.62. The van der Waals surface area contributed by atoms with E-state index in [2.05, 4.69) is 5.32 Å². The molecule has 1 saturated carbocycles. The Balaban J connectivity index is 2.09. The molecule has 3 rings (SSSR count). The number of halogens is 1. The first-order valence-electron chi connectivity index (χ1n) is 8.09. The summed E-state index contributed by atoms with van der Waals surface area (Å²) in [7, 11) is 0. The quantitative estimate of drug-likeness (QED) is 0.796. The fraction of sp³-hybridized carbons (Fsp3) is 0.588.